The van der Waals surface area contributed by atoms with Gasteiger partial charge in [-0.2, -0.15) is 0 Å². The quantitative estimate of drug-likeness (QED) is 0.898. The van der Waals surface area contributed by atoms with Gasteiger partial charge < -0.3 is 14.6 Å². The predicted molar refractivity (Wildman–Crippen MR) is 105 cm³/mol. The molecule has 1 N–H and O–H groups in total. The lowest BCUT2D eigenvalue weighted by atomic mass is 9.96. The molecule has 2 saturated heterocycles. The number of piperidine rings is 1. The minimum atomic E-state index is 0.0478. The number of morpholine rings is 1. The highest BCUT2D eigenvalue weighted by Crippen LogP contribution is 2.21. The van der Waals surface area contributed by atoms with Crippen molar-refractivity contribution in [2.24, 2.45) is 5.92 Å². The van der Waals surface area contributed by atoms with Gasteiger partial charge in [-0.15, -0.1) is 0 Å². The van der Waals surface area contributed by atoms with Crippen LogP contribution in [-0.2, 0) is 16.1 Å². The second-order valence-corrected chi connectivity index (χ2v) is 7.72. The van der Waals surface area contributed by atoms with E-state index in [1.54, 1.807) is 6.07 Å². The molecule has 2 aliphatic rings. The summed E-state index contributed by atoms with van der Waals surface area (Å²) in [6, 6.07) is 7.61. The van der Waals surface area contributed by atoms with Gasteiger partial charge in [-0.1, -0.05) is 11.6 Å². The summed E-state index contributed by atoms with van der Waals surface area (Å²) in [5.41, 5.74) is 2.93. The van der Waals surface area contributed by atoms with Gasteiger partial charge in [0.25, 0.3) is 0 Å². The van der Waals surface area contributed by atoms with E-state index in [1.165, 1.54) is 0 Å². The van der Waals surface area contributed by atoms with Gasteiger partial charge in [0.05, 0.1) is 19.1 Å². The molecule has 1 aromatic heterocycles. The number of rotatable bonds is 3. The van der Waals surface area contributed by atoms with E-state index < -0.39 is 0 Å². The van der Waals surface area contributed by atoms with Crippen LogP contribution in [0.15, 0.2) is 29.1 Å². The van der Waals surface area contributed by atoms with Crippen molar-refractivity contribution in [1.82, 2.24) is 14.8 Å². The number of benzene rings is 1. The maximum Gasteiger partial charge on any atom is 0.227 e. The van der Waals surface area contributed by atoms with Crippen molar-refractivity contribution in [1.29, 1.82) is 0 Å². The molecule has 2 aromatic rings. The van der Waals surface area contributed by atoms with E-state index in [1.807, 2.05) is 30.0 Å². The molecule has 3 heterocycles. The molecule has 2 fully saturated rings. The Hall–Kier alpha value is -2.18. The topological polar surface area (TPSA) is 65.6 Å². The fourth-order valence-electron chi connectivity index (χ4n) is 4.18. The number of fused-ring (bicyclic) bond motifs is 1. The highest BCUT2D eigenvalue weighted by atomic mass is 16.5. The Bertz CT molecular complexity index is 886. The maximum atomic E-state index is 12.8. The van der Waals surface area contributed by atoms with Crippen LogP contribution in [0.4, 0.5) is 0 Å². The summed E-state index contributed by atoms with van der Waals surface area (Å²) in [6.45, 7) is 7.06. The molecule has 1 aromatic carbocycles. The van der Waals surface area contributed by atoms with Crippen LogP contribution in [0.2, 0.25) is 0 Å². The molecule has 6 nitrogen and oxygen atoms in total. The Labute approximate surface area is 159 Å². The van der Waals surface area contributed by atoms with Crippen molar-refractivity contribution < 1.29 is 9.53 Å². The van der Waals surface area contributed by atoms with Crippen LogP contribution in [0, 0.1) is 12.8 Å². The first-order valence-corrected chi connectivity index (χ1v) is 9.81. The number of H-pyrrole nitrogens is 1. The SMILES string of the molecule is Cc1ccc2[nH]c(CN3CCC[C@@H](C(=O)N4CCOCC4)C3)cc(=O)c2c1. The van der Waals surface area contributed by atoms with Gasteiger partial charge in [0.1, 0.15) is 0 Å². The van der Waals surface area contributed by atoms with E-state index in [2.05, 4.69) is 9.88 Å². The average Bonchev–Trinajstić information content (AvgIpc) is 2.69. The number of pyridine rings is 1. The number of ether oxygens (including phenoxy) is 1. The van der Waals surface area contributed by atoms with Crippen molar-refractivity contribution in [3.63, 3.8) is 0 Å². The Morgan fingerprint density at radius 3 is 2.85 bits per heavy atom. The second-order valence-electron chi connectivity index (χ2n) is 7.72. The number of nitrogens with zero attached hydrogens (tertiary/aromatic N) is 2. The number of aromatic nitrogens is 1. The highest BCUT2D eigenvalue weighted by Gasteiger charge is 2.30. The Kier molecular flexibility index (Phi) is 5.27. The number of aromatic amines is 1. The third-order valence-electron chi connectivity index (χ3n) is 5.61. The fourth-order valence-corrected chi connectivity index (χ4v) is 4.18. The molecule has 0 radical (unpaired) electrons. The largest absolute Gasteiger partial charge is 0.378 e. The first kappa shape index (κ1) is 18.2. The molecule has 1 amide bonds. The third kappa shape index (κ3) is 4.06. The van der Waals surface area contributed by atoms with Gasteiger partial charge in [0.2, 0.25) is 5.91 Å². The Morgan fingerprint density at radius 2 is 2.04 bits per heavy atom. The number of carbonyl (C=O) groups is 1. The number of nitrogens with one attached hydrogen (secondary N) is 1. The van der Waals surface area contributed by atoms with Crippen LogP contribution >= 0.6 is 0 Å². The predicted octanol–water partition coefficient (Wildman–Crippen LogP) is 1.91. The lowest BCUT2D eigenvalue weighted by Gasteiger charge is -2.36. The second kappa shape index (κ2) is 7.82. The maximum absolute atomic E-state index is 12.8. The number of carbonyl (C=O) groups excluding carboxylic acids is 1. The number of likely N-dealkylation sites (tertiary alicyclic amines) is 1. The van der Waals surface area contributed by atoms with E-state index in [0.717, 1.165) is 48.1 Å². The summed E-state index contributed by atoms with van der Waals surface area (Å²) in [5, 5.41) is 0.734. The van der Waals surface area contributed by atoms with Crippen LogP contribution in [0.25, 0.3) is 10.9 Å². The molecule has 2 aliphatic heterocycles. The van der Waals surface area contributed by atoms with Crippen molar-refractivity contribution in [2.45, 2.75) is 26.3 Å². The van der Waals surface area contributed by atoms with Gasteiger partial charge in [0, 0.05) is 48.8 Å². The summed E-state index contributed by atoms with van der Waals surface area (Å²) >= 11 is 0. The highest BCUT2D eigenvalue weighted by molar-refractivity contribution is 5.80. The molecule has 0 unspecified atom stereocenters. The molecule has 0 aliphatic carbocycles. The van der Waals surface area contributed by atoms with Crippen LogP contribution < -0.4 is 5.43 Å². The smallest absolute Gasteiger partial charge is 0.227 e. The summed E-state index contributed by atoms with van der Waals surface area (Å²) < 4.78 is 5.35. The van der Waals surface area contributed by atoms with E-state index in [4.69, 9.17) is 4.74 Å². The number of aryl methyl sites for hydroxylation is 1. The molecular weight excluding hydrogens is 342 g/mol. The zero-order valence-corrected chi connectivity index (χ0v) is 15.9. The van der Waals surface area contributed by atoms with Crippen molar-refractivity contribution >= 4 is 16.8 Å². The first-order chi connectivity index (χ1) is 13.1. The molecule has 4 rings (SSSR count). The van der Waals surface area contributed by atoms with Gasteiger partial charge in [-0.3, -0.25) is 14.5 Å². The summed E-state index contributed by atoms with van der Waals surface area (Å²) in [5.74, 6) is 0.303. The Balaban J connectivity index is 1.46. The summed E-state index contributed by atoms with van der Waals surface area (Å²) in [7, 11) is 0. The van der Waals surface area contributed by atoms with Crippen molar-refractivity contribution in [3.05, 3.63) is 45.7 Å². The van der Waals surface area contributed by atoms with Crippen LogP contribution in [0.1, 0.15) is 24.1 Å². The molecular formula is C21H27N3O3. The van der Waals surface area contributed by atoms with Gasteiger partial charge >= 0.3 is 0 Å². The van der Waals surface area contributed by atoms with E-state index in [-0.39, 0.29) is 17.3 Å². The summed E-state index contributed by atoms with van der Waals surface area (Å²) in [4.78, 5) is 32.9. The molecule has 0 bridgehead atoms. The fraction of sp³-hybridized carbons (Fsp3) is 0.524. The van der Waals surface area contributed by atoms with Crippen molar-refractivity contribution in [3.8, 4) is 0 Å². The molecule has 0 saturated carbocycles. The number of hydrogen-bond acceptors (Lipinski definition) is 4. The zero-order valence-electron chi connectivity index (χ0n) is 15.9. The molecule has 27 heavy (non-hydrogen) atoms. The van der Waals surface area contributed by atoms with Crippen LogP contribution in [-0.4, -0.2) is 60.1 Å². The monoisotopic (exact) mass is 369 g/mol. The molecule has 1 atom stereocenters. The zero-order chi connectivity index (χ0) is 18.8. The summed E-state index contributed by atoms with van der Waals surface area (Å²) in [6.07, 6.45) is 1.96. The van der Waals surface area contributed by atoms with Crippen LogP contribution in [0.3, 0.4) is 0 Å². The van der Waals surface area contributed by atoms with Crippen LogP contribution in [0.5, 0.6) is 0 Å². The average molecular weight is 369 g/mol. The first-order valence-electron chi connectivity index (χ1n) is 9.81. The third-order valence-corrected chi connectivity index (χ3v) is 5.61. The lowest BCUT2D eigenvalue weighted by Crippen LogP contribution is -2.48. The number of hydrogen-bond donors (Lipinski definition) is 1. The standard InChI is InChI=1S/C21H27N3O3/c1-15-4-5-19-18(11-15)20(25)12-17(22-19)14-23-6-2-3-16(13-23)21(26)24-7-9-27-10-8-24/h4-5,11-12,16H,2-3,6-10,13-14H2,1H3,(H,22,25)/t16-/m1/s1. The Morgan fingerprint density at radius 1 is 1.22 bits per heavy atom. The van der Waals surface area contributed by atoms with Gasteiger partial charge in [-0.25, -0.2) is 0 Å². The number of amides is 1. The molecule has 144 valence electrons. The molecule has 6 heteroatoms. The molecule has 0 spiro atoms. The van der Waals surface area contributed by atoms with E-state index in [9.17, 15) is 9.59 Å². The minimum absolute atomic E-state index is 0.0478. The van der Waals surface area contributed by atoms with Gasteiger partial charge in [-0.05, 0) is 38.4 Å². The normalized spacial score (nSPS) is 21.5. The van der Waals surface area contributed by atoms with Crippen molar-refractivity contribution in [2.75, 3.05) is 39.4 Å². The van der Waals surface area contributed by atoms with E-state index in [0.29, 0.717) is 32.8 Å². The van der Waals surface area contributed by atoms with Gasteiger partial charge in [0.15, 0.2) is 5.43 Å². The minimum Gasteiger partial charge on any atom is -0.378 e. The lowest BCUT2D eigenvalue weighted by molar-refractivity contribution is -0.141. The van der Waals surface area contributed by atoms with E-state index >= 15 is 0 Å².